The Balaban J connectivity index is 0. The molecule has 0 bridgehead atoms. The summed E-state index contributed by atoms with van der Waals surface area (Å²) in [5.74, 6) is 0. The fraction of sp³-hybridized carbons (Fsp3) is 1.00. The van der Waals surface area contributed by atoms with Gasteiger partial charge in [-0.3, -0.25) is 4.90 Å². The maximum absolute atomic E-state index is 3.26. The zero-order valence-corrected chi connectivity index (χ0v) is 8.07. The minimum absolute atomic E-state index is 0.994. The molecular formula is C8H22N2. The molecule has 0 aromatic heterocycles. The smallest absolute Gasteiger partial charge is 0.0474 e. The van der Waals surface area contributed by atoms with Crippen LogP contribution in [0.2, 0.25) is 0 Å². The Morgan fingerprint density at radius 1 is 1.20 bits per heavy atom. The van der Waals surface area contributed by atoms with E-state index in [0.717, 1.165) is 13.2 Å². The van der Waals surface area contributed by atoms with Gasteiger partial charge in [-0.2, -0.15) is 0 Å². The summed E-state index contributed by atoms with van der Waals surface area (Å²) in [4.78, 5) is 2.12. The summed E-state index contributed by atoms with van der Waals surface area (Å²) in [6.45, 7) is 8.29. The lowest BCUT2D eigenvalue weighted by Crippen LogP contribution is -2.28. The van der Waals surface area contributed by atoms with Crippen molar-refractivity contribution in [3.05, 3.63) is 0 Å². The number of hydrogen-bond donors (Lipinski definition) is 1. The lowest BCUT2D eigenvalue weighted by atomic mass is 10.5. The van der Waals surface area contributed by atoms with Crippen molar-refractivity contribution >= 4 is 0 Å². The quantitative estimate of drug-likeness (QED) is 0.478. The van der Waals surface area contributed by atoms with Crippen LogP contribution in [0.1, 0.15) is 27.2 Å². The molecule has 0 aliphatic carbocycles. The van der Waals surface area contributed by atoms with Crippen molar-refractivity contribution in [2.45, 2.75) is 27.2 Å². The maximum Gasteiger partial charge on any atom is 0.0474 e. The van der Waals surface area contributed by atoms with Gasteiger partial charge in [0.1, 0.15) is 0 Å². The van der Waals surface area contributed by atoms with E-state index in [4.69, 9.17) is 0 Å². The summed E-state index contributed by atoms with van der Waals surface area (Å²) in [5.41, 5.74) is 0. The summed E-state index contributed by atoms with van der Waals surface area (Å²) < 4.78 is 0. The molecule has 0 aliphatic heterocycles. The van der Waals surface area contributed by atoms with Crippen molar-refractivity contribution in [1.82, 2.24) is 10.2 Å². The fourth-order valence-electron chi connectivity index (χ4n) is 0.479. The highest BCUT2D eigenvalue weighted by Crippen LogP contribution is 1.70. The zero-order valence-electron chi connectivity index (χ0n) is 8.07. The number of rotatable bonds is 4. The molecule has 0 saturated heterocycles. The summed E-state index contributed by atoms with van der Waals surface area (Å²) in [5, 5.41) is 3.26. The molecule has 64 valence electrons. The van der Waals surface area contributed by atoms with Crippen LogP contribution in [0.5, 0.6) is 0 Å². The zero-order chi connectivity index (χ0) is 8.41. The van der Waals surface area contributed by atoms with E-state index in [9.17, 15) is 0 Å². The van der Waals surface area contributed by atoms with E-state index >= 15 is 0 Å². The lowest BCUT2D eigenvalue weighted by molar-refractivity contribution is 0.369. The predicted octanol–water partition coefficient (Wildman–Crippen LogP) is 1.53. The normalized spacial score (nSPS) is 9.00. The third-order valence-electron chi connectivity index (χ3n) is 0.855. The van der Waals surface area contributed by atoms with Crippen LogP contribution in [0.15, 0.2) is 0 Å². The van der Waals surface area contributed by atoms with Crippen molar-refractivity contribution in [2.24, 2.45) is 0 Å². The first-order valence-corrected chi connectivity index (χ1v) is 4.12. The molecule has 0 aromatic rings. The van der Waals surface area contributed by atoms with E-state index in [1.54, 1.807) is 0 Å². The SMILES string of the molecule is CC.CCCNCN(C)C. The average molecular weight is 146 g/mol. The highest BCUT2D eigenvalue weighted by Gasteiger charge is 1.83. The van der Waals surface area contributed by atoms with Gasteiger partial charge in [0, 0.05) is 6.67 Å². The van der Waals surface area contributed by atoms with E-state index in [1.165, 1.54) is 6.42 Å². The van der Waals surface area contributed by atoms with Gasteiger partial charge in [-0.05, 0) is 27.1 Å². The van der Waals surface area contributed by atoms with Gasteiger partial charge in [0.15, 0.2) is 0 Å². The lowest BCUT2D eigenvalue weighted by Gasteiger charge is -2.09. The molecule has 0 aromatic carbocycles. The van der Waals surface area contributed by atoms with Crippen LogP contribution in [0, 0.1) is 0 Å². The Bertz CT molecular complexity index is 44.5. The number of nitrogens with zero attached hydrogens (tertiary/aromatic N) is 1. The molecule has 0 atom stereocenters. The average Bonchev–Trinajstić information content (AvgIpc) is 1.92. The van der Waals surface area contributed by atoms with Crippen molar-refractivity contribution in [3.63, 3.8) is 0 Å². The Labute approximate surface area is 65.6 Å². The Hall–Kier alpha value is -0.0800. The molecule has 0 saturated carbocycles. The van der Waals surface area contributed by atoms with Gasteiger partial charge >= 0.3 is 0 Å². The van der Waals surface area contributed by atoms with Gasteiger partial charge in [0.2, 0.25) is 0 Å². The molecule has 0 spiro atoms. The predicted molar refractivity (Wildman–Crippen MR) is 48.2 cm³/mol. The Kier molecular flexibility index (Phi) is 14.7. The third kappa shape index (κ3) is 15.7. The highest BCUT2D eigenvalue weighted by molar-refractivity contribution is 4.40. The van der Waals surface area contributed by atoms with E-state index in [1.807, 2.05) is 13.8 Å². The molecule has 0 aliphatic rings. The fourth-order valence-corrected chi connectivity index (χ4v) is 0.479. The first-order chi connectivity index (χ1) is 4.77. The number of nitrogens with one attached hydrogen (secondary N) is 1. The van der Waals surface area contributed by atoms with Gasteiger partial charge < -0.3 is 5.32 Å². The topological polar surface area (TPSA) is 15.3 Å². The first kappa shape index (κ1) is 12.6. The van der Waals surface area contributed by atoms with Gasteiger partial charge in [-0.1, -0.05) is 20.8 Å². The minimum atomic E-state index is 0.994. The molecule has 0 rings (SSSR count). The molecule has 2 heteroatoms. The molecule has 0 amide bonds. The van der Waals surface area contributed by atoms with Crippen molar-refractivity contribution < 1.29 is 0 Å². The molecule has 0 heterocycles. The Morgan fingerprint density at radius 2 is 1.70 bits per heavy atom. The molecule has 0 radical (unpaired) electrons. The molecule has 10 heavy (non-hydrogen) atoms. The van der Waals surface area contributed by atoms with Gasteiger partial charge in [-0.15, -0.1) is 0 Å². The van der Waals surface area contributed by atoms with Crippen LogP contribution in [-0.2, 0) is 0 Å². The largest absolute Gasteiger partial charge is 0.304 e. The van der Waals surface area contributed by atoms with Crippen LogP contribution < -0.4 is 5.32 Å². The van der Waals surface area contributed by atoms with Gasteiger partial charge in [-0.25, -0.2) is 0 Å². The summed E-state index contributed by atoms with van der Waals surface area (Å²) >= 11 is 0. The van der Waals surface area contributed by atoms with Crippen LogP contribution >= 0.6 is 0 Å². The van der Waals surface area contributed by atoms with Gasteiger partial charge in [0.25, 0.3) is 0 Å². The van der Waals surface area contributed by atoms with E-state index in [-0.39, 0.29) is 0 Å². The first-order valence-electron chi connectivity index (χ1n) is 4.12. The van der Waals surface area contributed by atoms with E-state index in [0.29, 0.717) is 0 Å². The monoisotopic (exact) mass is 146 g/mol. The van der Waals surface area contributed by atoms with Crippen molar-refractivity contribution in [3.8, 4) is 0 Å². The summed E-state index contributed by atoms with van der Waals surface area (Å²) in [7, 11) is 4.12. The summed E-state index contributed by atoms with van der Waals surface area (Å²) in [6.07, 6.45) is 1.22. The summed E-state index contributed by atoms with van der Waals surface area (Å²) in [6, 6.07) is 0. The highest BCUT2D eigenvalue weighted by atomic mass is 15.2. The van der Waals surface area contributed by atoms with Crippen LogP contribution in [0.3, 0.4) is 0 Å². The second kappa shape index (κ2) is 11.7. The van der Waals surface area contributed by atoms with E-state index in [2.05, 4.69) is 31.2 Å². The molecule has 0 fully saturated rings. The molecular weight excluding hydrogens is 124 g/mol. The molecule has 1 N–H and O–H groups in total. The van der Waals surface area contributed by atoms with Crippen molar-refractivity contribution in [1.29, 1.82) is 0 Å². The number of hydrogen-bond acceptors (Lipinski definition) is 2. The van der Waals surface area contributed by atoms with Crippen LogP contribution in [0.25, 0.3) is 0 Å². The Morgan fingerprint density at radius 3 is 2.00 bits per heavy atom. The molecule has 2 nitrogen and oxygen atoms in total. The van der Waals surface area contributed by atoms with Crippen LogP contribution in [-0.4, -0.2) is 32.2 Å². The third-order valence-corrected chi connectivity index (χ3v) is 0.855. The van der Waals surface area contributed by atoms with Crippen molar-refractivity contribution in [2.75, 3.05) is 27.3 Å². The maximum atomic E-state index is 3.26. The minimum Gasteiger partial charge on any atom is -0.304 e. The van der Waals surface area contributed by atoms with E-state index < -0.39 is 0 Å². The molecule has 0 unspecified atom stereocenters. The van der Waals surface area contributed by atoms with Crippen LogP contribution in [0.4, 0.5) is 0 Å². The second-order valence-electron chi connectivity index (χ2n) is 2.24. The standard InChI is InChI=1S/C6H16N2.C2H6/c1-4-5-7-6-8(2)3;1-2/h7H,4-6H2,1-3H3;1-2H3. The second-order valence-corrected chi connectivity index (χ2v) is 2.24. The van der Waals surface area contributed by atoms with Gasteiger partial charge in [0.05, 0.1) is 0 Å².